The van der Waals surface area contributed by atoms with Crippen LogP contribution in [0.5, 0.6) is 0 Å². The second-order valence-corrected chi connectivity index (χ2v) is 1.50. The third-order valence-electron chi connectivity index (χ3n) is 0.208. The van der Waals surface area contributed by atoms with Crippen LogP contribution < -0.4 is 5.73 Å². The van der Waals surface area contributed by atoms with Crippen molar-refractivity contribution in [2.45, 2.75) is 0 Å². The van der Waals surface area contributed by atoms with Crippen LogP contribution in [0, 0.1) is 0 Å². The molecule has 4 heteroatoms. The maximum atomic E-state index is 9.47. The standard InChI is InChI=1S/C2H5NO2S/c3-1-2-6(4)5/h1-2,6H,3H2. The number of nitrogens with two attached hydrogens (primary N) is 1. The Kier molecular flexibility index (Phi) is 2.48. The van der Waals surface area contributed by atoms with E-state index in [1.54, 1.807) is 0 Å². The Morgan fingerprint density at radius 3 is 2.00 bits per heavy atom. The van der Waals surface area contributed by atoms with E-state index in [-0.39, 0.29) is 0 Å². The fourth-order valence-electron chi connectivity index (χ4n) is 0.0703. The molecule has 0 aliphatic rings. The predicted octanol–water partition coefficient (Wildman–Crippen LogP) is -0.972. The minimum absolute atomic E-state index is 0.898. The summed E-state index contributed by atoms with van der Waals surface area (Å²) in [5.74, 6) is 0. The maximum absolute atomic E-state index is 9.47. The lowest BCUT2D eigenvalue weighted by Crippen LogP contribution is -1.75. The molecule has 0 radical (unpaired) electrons. The zero-order valence-corrected chi connectivity index (χ0v) is 3.89. The highest BCUT2D eigenvalue weighted by Crippen LogP contribution is 1.58. The van der Waals surface area contributed by atoms with Gasteiger partial charge in [-0.25, -0.2) is 8.42 Å². The minimum atomic E-state index is -2.41. The first-order chi connectivity index (χ1) is 2.77. The molecule has 3 nitrogen and oxygen atoms in total. The Bertz CT molecular complexity index is 107. The highest BCUT2D eigenvalue weighted by Gasteiger charge is 1.61. The molecule has 0 aromatic rings. The van der Waals surface area contributed by atoms with Crippen molar-refractivity contribution < 1.29 is 8.42 Å². The van der Waals surface area contributed by atoms with E-state index < -0.39 is 10.7 Å². The Morgan fingerprint density at radius 2 is 2.00 bits per heavy atom. The molecule has 0 aliphatic heterocycles. The molecular formula is C2H5NO2S. The molecule has 0 spiro atoms. The molecule has 0 rings (SSSR count). The van der Waals surface area contributed by atoms with Gasteiger partial charge in [0, 0.05) is 11.6 Å². The summed E-state index contributed by atoms with van der Waals surface area (Å²) in [7, 11) is -2.41. The molecule has 0 unspecified atom stereocenters. The topological polar surface area (TPSA) is 60.2 Å². The van der Waals surface area contributed by atoms with Gasteiger partial charge in [0.15, 0.2) is 10.7 Å². The summed E-state index contributed by atoms with van der Waals surface area (Å²) >= 11 is 0. The van der Waals surface area contributed by atoms with Crippen LogP contribution in [0.1, 0.15) is 0 Å². The van der Waals surface area contributed by atoms with Crippen molar-refractivity contribution in [3.8, 4) is 0 Å². The van der Waals surface area contributed by atoms with Crippen LogP contribution in [0.2, 0.25) is 0 Å². The largest absolute Gasteiger partial charge is 0.404 e. The molecule has 0 saturated heterocycles. The summed E-state index contributed by atoms with van der Waals surface area (Å²) in [5, 5.41) is 0.898. The second kappa shape index (κ2) is 2.71. The van der Waals surface area contributed by atoms with E-state index in [2.05, 4.69) is 5.73 Å². The van der Waals surface area contributed by atoms with E-state index in [1.807, 2.05) is 0 Å². The Balaban J connectivity index is 3.62. The molecule has 2 N–H and O–H groups in total. The molecule has 0 bridgehead atoms. The van der Waals surface area contributed by atoms with Crippen molar-refractivity contribution in [2.24, 2.45) is 5.73 Å². The van der Waals surface area contributed by atoms with Crippen molar-refractivity contribution >= 4 is 10.7 Å². The summed E-state index contributed by atoms with van der Waals surface area (Å²) in [6.07, 6.45) is 0.978. The molecule has 0 aromatic heterocycles. The van der Waals surface area contributed by atoms with Crippen molar-refractivity contribution in [3.63, 3.8) is 0 Å². The van der Waals surface area contributed by atoms with Crippen LogP contribution in [-0.2, 0) is 10.7 Å². The van der Waals surface area contributed by atoms with Crippen molar-refractivity contribution in [1.82, 2.24) is 0 Å². The molecule has 6 heavy (non-hydrogen) atoms. The van der Waals surface area contributed by atoms with Gasteiger partial charge in [-0.1, -0.05) is 0 Å². The lowest BCUT2D eigenvalue weighted by atomic mass is 11.1. The van der Waals surface area contributed by atoms with Crippen molar-refractivity contribution in [3.05, 3.63) is 11.6 Å². The second-order valence-electron chi connectivity index (χ2n) is 0.627. The molecule has 36 valence electrons. The molecule has 0 saturated carbocycles. The summed E-state index contributed by atoms with van der Waals surface area (Å²) in [6, 6.07) is 0. The average Bonchev–Trinajstić information content (AvgIpc) is 1.35. The van der Waals surface area contributed by atoms with Crippen LogP contribution in [0.4, 0.5) is 0 Å². The SMILES string of the molecule is NC=C[SH](=O)=O. The monoisotopic (exact) mass is 107 g/mol. The van der Waals surface area contributed by atoms with Crippen LogP contribution in [-0.4, -0.2) is 8.42 Å². The normalized spacial score (nSPS) is 10.8. The van der Waals surface area contributed by atoms with Gasteiger partial charge in [0.2, 0.25) is 0 Å². The molecule has 0 heterocycles. The lowest BCUT2D eigenvalue weighted by Gasteiger charge is -1.59. The summed E-state index contributed by atoms with van der Waals surface area (Å²) < 4.78 is 18.9. The number of rotatable bonds is 1. The first-order valence-electron chi connectivity index (χ1n) is 1.29. The van der Waals surface area contributed by atoms with Crippen LogP contribution in [0.3, 0.4) is 0 Å². The molecule has 0 fully saturated rings. The van der Waals surface area contributed by atoms with Gasteiger partial charge in [0.25, 0.3) is 0 Å². The number of hydrogen-bond donors (Lipinski definition) is 2. The van der Waals surface area contributed by atoms with Gasteiger partial charge in [0.05, 0.1) is 0 Å². The van der Waals surface area contributed by atoms with E-state index in [0.29, 0.717) is 0 Å². The van der Waals surface area contributed by atoms with E-state index in [0.717, 1.165) is 11.6 Å². The highest BCUT2D eigenvalue weighted by atomic mass is 32.2. The van der Waals surface area contributed by atoms with E-state index in [9.17, 15) is 8.42 Å². The van der Waals surface area contributed by atoms with Gasteiger partial charge in [-0.3, -0.25) is 0 Å². The average molecular weight is 107 g/mol. The molecular weight excluding hydrogens is 102 g/mol. The van der Waals surface area contributed by atoms with Gasteiger partial charge in [-0.2, -0.15) is 0 Å². The third-order valence-corrected chi connectivity index (χ3v) is 0.623. The Labute approximate surface area is 37.4 Å². The Morgan fingerprint density at radius 1 is 1.50 bits per heavy atom. The number of hydrogen-bond acceptors (Lipinski definition) is 3. The van der Waals surface area contributed by atoms with Crippen molar-refractivity contribution in [1.29, 1.82) is 0 Å². The third kappa shape index (κ3) is 3.49. The molecule has 0 amide bonds. The molecule has 0 atom stereocenters. The summed E-state index contributed by atoms with van der Waals surface area (Å²) in [4.78, 5) is 0. The maximum Gasteiger partial charge on any atom is 0.162 e. The zero-order chi connectivity index (χ0) is 4.99. The van der Waals surface area contributed by atoms with Gasteiger partial charge >= 0.3 is 0 Å². The first-order valence-corrected chi connectivity index (χ1v) is 2.54. The van der Waals surface area contributed by atoms with Gasteiger partial charge in [-0.05, 0) is 0 Å². The molecule has 0 aromatic carbocycles. The fourth-order valence-corrected chi connectivity index (χ4v) is 0.211. The van der Waals surface area contributed by atoms with Crippen LogP contribution >= 0.6 is 0 Å². The van der Waals surface area contributed by atoms with E-state index >= 15 is 0 Å². The first kappa shape index (κ1) is 5.49. The van der Waals surface area contributed by atoms with Gasteiger partial charge < -0.3 is 5.73 Å². The summed E-state index contributed by atoms with van der Waals surface area (Å²) in [5.41, 5.74) is 4.67. The Hall–Kier alpha value is -0.510. The fraction of sp³-hybridized carbons (Fsp3) is 0. The number of thiol groups is 1. The molecule has 0 aliphatic carbocycles. The van der Waals surface area contributed by atoms with Crippen LogP contribution in [0.25, 0.3) is 0 Å². The van der Waals surface area contributed by atoms with E-state index in [1.165, 1.54) is 0 Å². The zero-order valence-electron chi connectivity index (χ0n) is 3.00. The summed E-state index contributed by atoms with van der Waals surface area (Å²) in [6.45, 7) is 0. The predicted molar refractivity (Wildman–Crippen MR) is 23.6 cm³/mol. The van der Waals surface area contributed by atoms with Crippen molar-refractivity contribution in [2.75, 3.05) is 0 Å². The lowest BCUT2D eigenvalue weighted by molar-refractivity contribution is 0.622. The van der Waals surface area contributed by atoms with Gasteiger partial charge in [-0.15, -0.1) is 0 Å². The van der Waals surface area contributed by atoms with Crippen LogP contribution in [0.15, 0.2) is 11.6 Å². The van der Waals surface area contributed by atoms with E-state index in [4.69, 9.17) is 0 Å². The minimum Gasteiger partial charge on any atom is -0.404 e. The highest BCUT2D eigenvalue weighted by molar-refractivity contribution is 7.75. The smallest absolute Gasteiger partial charge is 0.162 e. The van der Waals surface area contributed by atoms with Gasteiger partial charge in [0.1, 0.15) is 0 Å². The quantitative estimate of drug-likeness (QED) is 0.424.